The van der Waals surface area contributed by atoms with Gasteiger partial charge in [-0.15, -0.1) is 0 Å². The van der Waals surface area contributed by atoms with Gasteiger partial charge in [-0.3, -0.25) is 14.9 Å². The highest BCUT2D eigenvalue weighted by atomic mass is 16.2. The van der Waals surface area contributed by atoms with E-state index in [1.165, 1.54) is 18.4 Å². The number of amides is 4. The van der Waals surface area contributed by atoms with E-state index in [0.29, 0.717) is 17.9 Å². The fourth-order valence-electron chi connectivity index (χ4n) is 3.54. The number of hydrogen-bond acceptors (Lipinski definition) is 4. The number of nitrogens with zero attached hydrogens (tertiary/aromatic N) is 1. The van der Waals surface area contributed by atoms with Crippen molar-refractivity contribution in [3.63, 3.8) is 0 Å². The first kappa shape index (κ1) is 18.9. The summed E-state index contributed by atoms with van der Waals surface area (Å²) in [6.07, 6.45) is 9.62. The first-order chi connectivity index (χ1) is 13.1. The van der Waals surface area contributed by atoms with E-state index < -0.39 is 23.8 Å². The molecule has 1 aliphatic carbocycles. The number of carbonyl (C=O) groups is 3. The quantitative estimate of drug-likeness (QED) is 0.597. The molecule has 6 heteroatoms. The van der Waals surface area contributed by atoms with Crippen molar-refractivity contribution in [1.29, 1.82) is 0 Å². The van der Waals surface area contributed by atoms with Crippen molar-refractivity contribution < 1.29 is 14.4 Å². The third-order valence-corrected chi connectivity index (χ3v) is 4.96. The first-order valence-corrected chi connectivity index (χ1v) is 9.43. The van der Waals surface area contributed by atoms with Gasteiger partial charge in [0.15, 0.2) is 5.92 Å². The Labute approximate surface area is 159 Å². The zero-order valence-electron chi connectivity index (χ0n) is 15.5. The highest BCUT2D eigenvalue weighted by molar-refractivity contribution is 6.28. The summed E-state index contributed by atoms with van der Waals surface area (Å²) in [7, 11) is 0. The van der Waals surface area contributed by atoms with Gasteiger partial charge in [-0.25, -0.2) is 9.69 Å². The maximum Gasteiger partial charge on any atom is 0.335 e. The topological polar surface area (TPSA) is 78.5 Å². The van der Waals surface area contributed by atoms with Crippen LogP contribution >= 0.6 is 0 Å². The van der Waals surface area contributed by atoms with Crippen LogP contribution in [0.2, 0.25) is 0 Å². The van der Waals surface area contributed by atoms with Crippen LogP contribution in [0, 0.1) is 5.92 Å². The van der Waals surface area contributed by atoms with Crippen molar-refractivity contribution in [2.75, 3.05) is 11.4 Å². The normalized spacial score (nSPS) is 21.0. The average Bonchev–Trinajstić information content (AvgIpc) is 2.68. The number of barbiturate groups is 1. The van der Waals surface area contributed by atoms with Gasteiger partial charge in [0.25, 0.3) is 5.91 Å². The Bertz CT molecular complexity index is 783. The van der Waals surface area contributed by atoms with Gasteiger partial charge in [-0.1, -0.05) is 35.9 Å². The van der Waals surface area contributed by atoms with Crippen LogP contribution in [0.25, 0.3) is 0 Å². The van der Waals surface area contributed by atoms with E-state index in [0.717, 1.165) is 24.2 Å². The van der Waals surface area contributed by atoms with Crippen molar-refractivity contribution in [3.05, 3.63) is 53.8 Å². The summed E-state index contributed by atoms with van der Waals surface area (Å²) < 4.78 is 0. The maximum atomic E-state index is 13.0. The molecule has 142 valence electrons. The van der Waals surface area contributed by atoms with Gasteiger partial charge in [-0.05, 0) is 51.2 Å². The summed E-state index contributed by atoms with van der Waals surface area (Å²) in [6, 6.07) is 7.92. The van der Waals surface area contributed by atoms with Crippen LogP contribution < -0.4 is 15.5 Å². The molecule has 1 heterocycles. The summed E-state index contributed by atoms with van der Waals surface area (Å²) >= 11 is 0. The van der Waals surface area contributed by atoms with Gasteiger partial charge in [0, 0.05) is 12.2 Å². The van der Waals surface area contributed by atoms with Gasteiger partial charge < -0.3 is 5.32 Å². The third-order valence-electron chi connectivity index (χ3n) is 4.96. The zero-order chi connectivity index (χ0) is 19.2. The number of hydrogen-bond donors (Lipinski definition) is 2. The zero-order valence-corrected chi connectivity index (χ0v) is 15.5. The number of urea groups is 1. The van der Waals surface area contributed by atoms with E-state index in [1.807, 2.05) is 0 Å². The fraction of sp³-hybridized carbons (Fsp3) is 0.381. The summed E-state index contributed by atoms with van der Waals surface area (Å²) in [6.45, 7) is 2.44. The summed E-state index contributed by atoms with van der Waals surface area (Å²) in [4.78, 5) is 38.6. The van der Waals surface area contributed by atoms with Gasteiger partial charge in [0.2, 0.25) is 5.91 Å². The number of benzene rings is 1. The second kappa shape index (κ2) is 8.66. The SMILES string of the molecule is C/C=C(/NCCC1=CCCCC1)[C@H]1C(=O)NC(=O)N(c2ccccc2)C1=O. The Kier molecular flexibility index (Phi) is 6.06. The van der Waals surface area contributed by atoms with Gasteiger partial charge in [0.1, 0.15) is 0 Å². The molecule has 2 aliphatic rings. The Balaban J connectivity index is 1.72. The van der Waals surface area contributed by atoms with E-state index in [2.05, 4.69) is 16.7 Å². The molecular formula is C21H25N3O3. The lowest BCUT2D eigenvalue weighted by Gasteiger charge is -2.31. The number of para-hydroxylation sites is 1. The van der Waals surface area contributed by atoms with Crippen LogP contribution in [0.5, 0.6) is 0 Å². The summed E-state index contributed by atoms with van der Waals surface area (Å²) in [5.74, 6) is -2.17. The summed E-state index contributed by atoms with van der Waals surface area (Å²) in [5, 5.41) is 5.53. The number of anilines is 1. The molecule has 6 nitrogen and oxygen atoms in total. The van der Waals surface area contributed by atoms with Gasteiger partial charge in [-0.2, -0.15) is 0 Å². The molecule has 0 bridgehead atoms. The first-order valence-electron chi connectivity index (χ1n) is 9.43. The lowest BCUT2D eigenvalue weighted by molar-refractivity contribution is -0.132. The predicted octanol–water partition coefficient (Wildman–Crippen LogP) is 3.27. The largest absolute Gasteiger partial charge is 0.387 e. The van der Waals surface area contributed by atoms with Crippen LogP contribution in [0.4, 0.5) is 10.5 Å². The van der Waals surface area contributed by atoms with E-state index in [9.17, 15) is 14.4 Å². The van der Waals surface area contributed by atoms with E-state index >= 15 is 0 Å². The van der Waals surface area contributed by atoms with Crippen LogP contribution in [0.15, 0.2) is 53.8 Å². The minimum Gasteiger partial charge on any atom is -0.387 e. The number of nitrogens with one attached hydrogen (secondary N) is 2. The van der Waals surface area contributed by atoms with E-state index in [4.69, 9.17) is 0 Å². The highest BCUT2D eigenvalue weighted by Crippen LogP contribution is 2.24. The van der Waals surface area contributed by atoms with Crippen LogP contribution in [-0.2, 0) is 9.59 Å². The molecule has 0 radical (unpaired) electrons. The molecular weight excluding hydrogens is 342 g/mol. The Morgan fingerprint density at radius 1 is 1.22 bits per heavy atom. The van der Waals surface area contributed by atoms with Crippen molar-refractivity contribution >= 4 is 23.5 Å². The molecule has 4 amide bonds. The molecule has 0 aromatic heterocycles. The molecule has 1 aromatic carbocycles. The molecule has 1 fully saturated rings. The molecule has 0 spiro atoms. The number of rotatable bonds is 6. The lowest BCUT2D eigenvalue weighted by atomic mass is 9.96. The smallest absolute Gasteiger partial charge is 0.335 e. The van der Waals surface area contributed by atoms with Crippen molar-refractivity contribution in [1.82, 2.24) is 10.6 Å². The highest BCUT2D eigenvalue weighted by Gasteiger charge is 2.43. The average molecular weight is 367 g/mol. The molecule has 3 rings (SSSR count). The van der Waals surface area contributed by atoms with Crippen LogP contribution in [0.1, 0.15) is 39.0 Å². The fourth-order valence-corrected chi connectivity index (χ4v) is 3.54. The molecule has 1 aliphatic heterocycles. The maximum absolute atomic E-state index is 13.0. The molecule has 2 N–H and O–H groups in total. The molecule has 1 atom stereocenters. The Morgan fingerprint density at radius 3 is 2.67 bits per heavy atom. The van der Waals surface area contributed by atoms with Crippen LogP contribution in [0.3, 0.4) is 0 Å². The molecule has 1 aromatic rings. The van der Waals surface area contributed by atoms with Crippen molar-refractivity contribution in [2.45, 2.75) is 39.0 Å². The Hall–Kier alpha value is -2.89. The molecule has 0 unspecified atom stereocenters. The van der Waals surface area contributed by atoms with E-state index in [-0.39, 0.29) is 0 Å². The molecule has 0 saturated carbocycles. The Morgan fingerprint density at radius 2 is 2.00 bits per heavy atom. The number of allylic oxidation sites excluding steroid dienone is 2. The van der Waals surface area contributed by atoms with Gasteiger partial charge >= 0.3 is 6.03 Å². The van der Waals surface area contributed by atoms with Crippen molar-refractivity contribution in [2.24, 2.45) is 5.92 Å². The molecule has 27 heavy (non-hydrogen) atoms. The lowest BCUT2D eigenvalue weighted by Crippen LogP contribution is -2.59. The monoisotopic (exact) mass is 367 g/mol. The van der Waals surface area contributed by atoms with E-state index in [1.54, 1.807) is 43.3 Å². The predicted molar refractivity (Wildman–Crippen MR) is 104 cm³/mol. The van der Waals surface area contributed by atoms with Crippen LogP contribution in [-0.4, -0.2) is 24.4 Å². The minimum absolute atomic E-state index is 0.445. The molecule has 1 saturated heterocycles. The standard InChI is InChI=1S/C21H25N3O3/c1-2-17(22-14-13-15-9-5-3-6-10-15)18-19(25)23-21(27)24(20(18)26)16-11-7-4-8-12-16/h2,4,7-9,11-12,18,22H,3,5-6,10,13-14H2,1H3,(H,23,25,27)/b17-2+/t18-/m0/s1. The van der Waals surface area contributed by atoms with Gasteiger partial charge in [0.05, 0.1) is 5.69 Å². The number of imide groups is 2. The number of carbonyl (C=O) groups excluding carboxylic acids is 3. The third kappa shape index (κ3) is 4.27. The van der Waals surface area contributed by atoms with Crippen molar-refractivity contribution in [3.8, 4) is 0 Å². The summed E-state index contributed by atoms with van der Waals surface area (Å²) in [5.41, 5.74) is 2.40. The second-order valence-electron chi connectivity index (χ2n) is 6.77. The minimum atomic E-state index is -1.05. The second-order valence-corrected chi connectivity index (χ2v) is 6.77.